The molecule has 2 N–H and O–H groups in total. The molecule has 0 saturated heterocycles. The van der Waals surface area contributed by atoms with Crippen LogP contribution in [0.25, 0.3) is 0 Å². The van der Waals surface area contributed by atoms with E-state index in [4.69, 9.17) is 4.74 Å². The van der Waals surface area contributed by atoms with Crippen LogP contribution in [0, 0.1) is 6.92 Å². The van der Waals surface area contributed by atoms with Crippen molar-refractivity contribution in [3.63, 3.8) is 0 Å². The Kier molecular flexibility index (Phi) is 5.04. The number of aryl methyl sites for hydroxylation is 2. The van der Waals surface area contributed by atoms with Crippen molar-refractivity contribution in [1.29, 1.82) is 0 Å². The quantitative estimate of drug-likeness (QED) is 0.892. The smallest absolute Gasteiger partial charge is 0.320 e. The fourth-order valence-corrected chi connectivity index (χ4v) is 2.30. The van der Waals surface area contributed by atoms with Gasteiger partial charge < -0.3 is 10.1 Å². The Morgan fingerprint density at radius 1 is 1.36 bits per heavy atom. The first kappa shape index (κ1) is 15.9. The normalized spacial score (nSPS) is 11.8. The summed E-state index contributed by atoms with van der Waals surface area (Å²) < 4.78 is 6.79. The number of urea groups is 1. The van der Waals surface area contributed by atoms with E-state index in [0.717, 1.165) is 23.4 Å². The number of carbonyl (C=O) groups is 1. The molecule has 0 bridgehead atoms. The molecular formula is C16H22N4O2. The van der Waals surface area contributed by atoms with E-state index in [1.54, 1.807) is 18.8 Å². The molecule has 0 aliphatic carbocycles. The van der Waals surface area contributed by atoms with Crippen LogP contribution in [-0.2, 0) is 7.05 Å². The number of carbonyl (C=O) groups excluding carboxylic acids is 1. The van der Waals surface area contributed by atoms with Crippen LogP contribution >= 0.6 is 0 Å². The van der Waals surface area contributed by atoms with Gasteiger partial charge in [-0.3, -0.25) is 10.00 Å². The van der Waals surface area contributed by atoms with Crippen LogP contribution in [0.2, 0.25) is 0 Å². The molecule has 0 aliphatic heterocycles. The summed E-state index contributed by atoms with van der Waals surface area (Å²) in [6.45, 7) is 3.92. The highest BCUT2D eigenvalue weighted by atomic mass is 16.5. The summed E-state index contributed by atoms with van der Waals surface area (Å²) in [4.78, 5) is 12.2. The minimum absolute atomic E-state index is 0.0553. The third-order valence-electron chi connectivity index (χ3n) is 3.48. The number of hydrogen-bond acceptors (Lipinski definition) is 3. The van der Waals surface area contributed by atoms with E-state index in [1.165, 1.54) is 0 Å². The van der Waals surface area contributed by atoms with Crippen LogP contribution in [-0.4, -0.2) is 22.9 Å². The van der Waals surface area contributed by atoms with Crippen LogP contribution < -0.4 is 15.4 Å². The van der Waals surface area contributed by atoms with Crippen LogP contribution in [0.5, 0.6) is 5.75 Å². The molecular weight excluding hydrogens is 280 g/mol. The number of amides is 2. The van der Waals surface area contributed by atoms with Gasteiger partial charge in [0.1, 0.15) is 11.6 Å². The molecule has 1 heterocycles. The molecule has 0 fully saturated rings. The van der Waals surface area contributed by atoms with E-state index in [-0.39, 0.29) is 12.1 Å². The molecule has 2 amide bonds. The predicted octanol–water partition coefficient (Wildman–Crippen LogP) is 3.01. The number of aromatic nitrogens is 2. The second-order valence-corrected chi connectivity index (χ2v) is 5.13. The third-order valence-corrected chi connectivity index (χ3v) is 3.48. The monoisotopic (exact) mass is 302 g/mol. The Morgan fingerprint density at radius 2 is 2.05 bits per heavy atom. The highest BCUT2D eigenvalue weighted by Gasteiger charge is 2.14. The number of hydrogen-bond donors (Lipinski definition) is 2. The van der Waals surface area contributed by atoms with Gasteiger partial charge in [-0.15, -0.1) is 0 Å². The molecule has 22 heavy (non-hydrogen) atoms. The summed E-state index contributed by atoms with van der Waals surface area (Å²) in [5.74, 6) is 1.47. The second kappa shape index (κ2) is 6.98. The van der Waals surface area contributed by atoms with Gasteiger partial charge in [0, 0.05) is 13.1 Å². The van der Waals surface area contributed by atoms with Gasteiger partial charge in [0.2, 0.25) is 0 Å². The number of methoxy groups -OCH3 is 1. The Morgan fingerprint density at radius 3 is 2.55 bits per heavy atom. The van der Waals surface area contributed by atoms with Crippen LogP contribution in [0.15, 0.2) is 30.3 Å². The lowest BCUT2D eigenvalue weighted by Gasteiger charge is -2.18. The molecule has 1 aromatic heterocycles. The van der Waals surface area contributed by atoms with E-state index in [2.05, 4.69) is 15.7 Å². The SMILES string of the molecule is CC[C@H](NC(=O)Nc1cc(C)nn1C)c1ccc(OC)cc1. The molecule has 0 unspecified atom stereocenters. The number of nitrogens with one attached hydrogen (secondary N) is 2. The first-order valence-corrected chi connectivity index (χ1v) is 7.25. The summed E-state index contributed by atoms with van der Waals surface area (Å²) in [5.41, 5.74) is 1.90. The minimum atomic E-state index is -0.245. The topological polar surface area (TPSA) is 68.2 Å². The van der Waals surface area contributed by atoms with Crippen molar-refractivity contribution in [3.8, 4) is 5.75 Å². The molecule has 1 atom stereocenters. The zero-order valence-electron chi connectivity index (χ0n) is 13.4. The third kappa shape index (κ3) is 3.78. The first-order valence-electron chi connectivity index (χ1n) is 7.25. The maximum absolute atomic E-state index is 12.2. The summed E-state index contributed by atoms with van der Waals surface area (Å²) in [5, 5.41) is 9.99. The van der Waals surface area contributed by atoms with E-state index in [1.807, 2.05) is 44.2 Å². The van der Waals surface area contributed by atoms with Gasteiger partial charge in [0.25, 0.3) is 0 Å². The average Bonchev–Trinajstić information content (AvgIpc) is 2.82. The number of anilines is 1. The molecule has 6 heteroatoms. The fraction of sp³-hybridized carbons (Fsp3) is 0.375. The number of ether oxygens (including phenoxy) is 1. The lowest BCUT2D eigenvalue weighted by molar-refractivity contribution is 0.248. The van der Waals surface area contributed by atoms with Crippen LogP contribution in [0.4, 0.5) is 10.6 Å². The fourth-order valence-electron chi connectivity index (χ4n) is 2.30. The molecule has 0 radical (unpaired) electrons. The molecule has 0 aliphatic rings. The van der Waals surface area contributed by atoms with Crippen molar-refractivity contribution >= 4 is 11.8 Å². The van der Waals surface area contributed by atoms with Gasteiger partial charge in [-0.2, -0.15) is 5.10 Å². The molecule has 118 valence electrons. The van der Waals surface area contributed by atoms with Crippen LogP contribution in [0.1, 0.15) is 30.6 Å². The molecule has 6 nitrogen and oxygen atoms in total. The van der Waals surface area contributed by atoms with E-state index < -0.39 is 0 Å². The number of nitrogens with zero attached hydrogens (tertiary/aromatic N) is 2. The van der Waals surface area contributed by atoms with E-state index in [0.29, 0.717) is 5.82 Å². The summed E-state index contributed by atoms with van der Waals surface area (Å²) in [6.07, 6.45) is 0.796. The van der Waals surface area contributed by atoms with Gasteiger partial charge in [0.05, 0.1) is 18.8 Å². The molecule has 1 aromatic carbocycles. The second-order valence-electron chi connectivity index (χ2n) is 5.13. The molecule has 2 rings (SSSR count). The van der Waals surface area contributed by atoms with E-state index >= 15 is 0 Å². The zero-order valence-corrected chi connectivity index (χ0v) is 13.4. The highest BCUT2D eigenvalue weighted by molar-refractivity contribution is 5.88. The lowest BCUT2D eigenvalue weighted by Crippen LogP contribution is -2.32. The van der Waals surface area contributed by atoms with Gasteiger partial charge in [-0.05, 0) is 31.0 Å². The van der Waals surface area contributed by atoms with Crippen molar-refractivity contribution in [1.82, 2.24) is 15.1 Å². The number of rotatable bonds is 5. The van der Waals surface area contributed by atoms with Gasteiger partial charge in [-0.25, -0.2) is 4.79 Å². The Hall–Kier alpha value is -2.50. The van der Waals surface area contributed by atoms with Gasteiger partial charge in [0.15, 0.2) is 0 Å². The summed E-state index contributed by atoms with van der Waals surface area (Å²) in [6, 6.07) is 9.23. The summed E-state index contributed by atoms with van der Waals surface area (Å²) in [7, 11) is 3.43. The Balaban J connectivity index is 2.02. The standard InChI is InChI=1S/C16H22N4O2/c1-5-14(12-6-8-13(22-4)9-7-12)17-16(21)18-15-10-11(2)19-20(15)3/h6-10,14H,5H2,1-4H3,(H2,17,18,21)/t14-/m0/s1. The Labute approximate surface area is 130 Å². The van der Waals surface area contributed by atoms with Crippen LogP contribution in [0.3, 0.4) is 0 Å². The average molecular weight is 302 g/mol. The minimum Gasteiger partial charge on any atom is -0.497 e. The largest absolute Gasteiger partial charge is 0.497 e. The van der Waals surface area contributed by atoms with Gasteiger partial charge >= 0.3 is 6.03 Å². The van der Waals surface area contributed by atoms with Crippen molar-refractivity contribution in [2.45, 2.75) is 26.3 Å². The van der Waals surface area contributed by atoms with Crippen molar-refractivity contribution in [3.05, 3.63) is 41.6 Å². The van der Waals surface area contributed by atoms with E-state index in [9.17, 15) is 4.79 Å². The first-order chi connectivity index (χ1) is 10.5. The Bertz CT molecular complexity index is 634. The predicted molar refractivity (Wildman–Crippen MR) is 86.1 cm³/mol. The summed E-state index contributed by atoms with van der Waals surface area (Å²) >= 11 is 0. The lowest BCUT2D eigenvalue weighted by atomic mass is 10.0. The van der Waals surface area contributed by atoms with Crippen molar-refractivity contribution in [2.24, 2.45) is 7.05 Å². The highest BCUT2D eigenvalue weighted by Crippen LogP contribution is 2.20. The molecule has 0 spiro atoms. The molecule has 2 aromatic rings. The number of benzene rings is 1. The molecule has 0 saturated carbocycles. The maximum Gasteiger partial charge on any atom is 0.320 e. The maximum atomic E-state index is 12.2. The zero-order chi connectivity index (χ0) is 16.1. The van der Waals surface area contributed by atoms with Crippen molar-refractivity contribution in [2.75, 3.05) is 12.4 Å². The van der Waals surface area contributed by atoms with Gasteiger partial charge in [-0.1, -0.05) is 19.1 Å². The van der Waals surface area contributed by atoms with Crippen molar-refractivity contribution < 1.29 is 9.53 Å².